The molecule has 1 aliphatic rings. The molecular weight excluding hydrogens is 508 g/mol. The topological polar surface area (TPSA) is 138 Å². The summed E-state index contributed by atoms with van der Waals surface area (Å²) in [5, 5.41) is 12.6. The van der Waals surface area contributed by atoms with Crippen LogP contribution in [0.4, 0.5) is 11.6 Å². The first-order valence-corrected chi connectivity index (χ1v) is 14.4. The molecule has 4 rings (SSSR count). The first-order valence-electron chi connectivity index (χ1n) is 12.0. The van der Waals surface area contributed by atoms with Gasteiger partial charge in [0.1, 0.15) is 11.1 Å². The van der Waals surface area contributed by atoms with Gasteiger partial charge in [0, 0.05) is 22.8 Å². The Kier molecular flexibility index (Phi) is 8.10. The Morgan fingerprint density at radius 1 is 1.08 bits per heavy atom. The van der Waals surface area contributed by atoms with E-state index in [-0.39, 0.29) is 16.8 Å². The molecule has 0 fully saturated rings. The Balaban J connectivity index is 1.45. The van der Waals surface area contributed by atoms with E-state index in [0.29, 0.717) is 34.1 Å². The molecule has 2 aromatic heterocycles. The number of nitrogens with one attached hydrogen (secondary N) is 2. The van der Waals surface area contributed by atoms with Crippen molar-refractivity contribution in [3.63, 3.8) is 0 Å². The smallest absolute Gasteiger partial charge is 0.264 e. The summed E-state index contributed by atoms with van der Waals surface area (Å²) in [5.74, 6) is -0.238. The van der Waals surface area contributed by atoms with Crippen LogP contribution in [0, 0.1) is 25.2 Å². The molecule has 0 saturated heterocycles. The summed E-state index contributed by atoms with van der Waals surface area (Å²) >= 11 is 1.29. The third-order valence-electron chi connectivity index (χ3n) is 5.94. The van der Waals surface area contributed by atoms with Gasteiger partial charge < -0.3 is 5.32 Å². The van der Waals surface area contributed by atoms with Gasteiger partial charge in [0.15, 0.2) is 0 Å². The number of hydrogen-bond acceptors (Lipinski definition) is 8. The van der Waals surface area contributed by atoms with E-state index in [1.165, 1.54) is 36.0 Å². The number of rotatable bonds is 8. The molecule has 1 aromatic carbocycles. The zero-order valence-electron chi connectivity index (χ0n) is 20.9. The van der Waals surface area contributed by atoms with Crippen LogP contribution in [0.1, 0.15) is 54.4 Å². The number of anilines is 2. The highest BCUT2D eigenvalue weighted by Crippen LogP contribution is 2.31. The lowest BCUT2D eigenvalue weighted by molar-refractivity contribution is -0.115. The largest absolute Gasteiger partial charge is 0.325 e. The summed E-state index contributed by atoms with van der Waals surface area (Å²) in [6.07, 6.45) is 4.52. The molecule has 192 valence electrons. The number of hydrogen-bond donors (Lipinski definition) is 2. The van der Waals surface area contributed by atoms with Gasteiger partial charge in [-0.1, -0.05) is 18.7 Å². The highest BCUT2D eigenvalue weighted by atomic mass is 32.2. The predicted octanol–water partition coefficient (Wildman–Crippen LogP) is 4.55. The van der Waals surface area contributed by atoms with Gasteiger partial charge >= 0.3 is 0 Å². The highest BCUT2D eigenvalue weighted by molar-refractivity contribution is 8.00. The van der Waals surface area contributed by atoms with Gasteiger partial charge in [0.05, 0.1) is 15.7 Å². The van der Waals surface area contributed by atoms with Crippen LogP contribution in [0.5, 0.6) is 0 Å². The molecule has 1 atom stereocenters. The maximum absolute atomic E-state index is 13.0. The minimum absolute atomic E-state index is 0.00483. The number of pyridine rings is 1. The Morgan fingerprint density at radius 2 is 1.76 bits per heavy atom. The molecule has 3 aromatic rings. The number of fused-ring (bicyclic) bond motifs is 1. The number of amides is 1. The van der Waals surface area contributed by atoms with Crippen molar-refractivity contribution in [1.29, 1.82) is 5.26 Å². The molecule has 1 amide bonds. The average Bonchev–Trinajstić information content (AvgIpc) is 2.86. The molecule has 0 saturated carbocycles. The molecule has 2 N–H and O–H groups in total. The van der Waals surface area contributed by atoms with Crippen LogP contribution in [-0.4, -0.2) is 34.5 Å². The summed E-state index contributed by atoms with van der Waals surface area (Å²) in [5.41, 5.74) is 4.40. The summed E-state index contributed by atoms with van der Waals surface area (Å²) < 4.78 is 27.9. The molecule has 0 bridgehead atoms. The fourth-order valence-corrected chi connectivity index (χ4v) is 6.07. The summed E-state index contributed by atoms with van der Waals surface area (Å²) in [6, 6.07) is 11.8. The molecule has 9 nitrogen and oxygen atoms in total. The number of nitrogens with zero attached hydrogens (tertiary/aromatic N) is 4. The number of thioether (sulfide) groups is 1. The monoisotopic (exact) mass is 536 g/mol. The van der Waals surface area contributed by atoms with Gasteiger partial charge in [0.2, 0.25) is 11.9 Å². The summed E-state index contributed by atoms with van der Waals surface area (Å²) in [6.45, 7) is 5.42. The van der Waals surface area contributed by atoms with E-state index < -0.39 is 15.3 Å². The number of sulfonamides is 1. The molecular formula is C26H28N6O3S2. The SMILES string of the molecule is CCC(Sc1nc2c(cc1C#N)CCCC2)C(=O)Nc1ccc(S(=O)(=O)Nc2nc(C)cc(C)n2)cc1. The van der Waals surface area contributed by atoms with Crippen molar-refractivity contribution in [2.45, 2.75) is 68.0 Å². The lowest BCUT2D eigenvalue weighted by Gasteiger charge is -2.19. The maximum Gasteiger partial charge on any atom is 0.264 e. The Hall–Kier alpha value is -3.49. The minimum Gasteiger partial charge on any atom is -0.325 e. The van der Waals surface area contributed by atoms with Crippen LogP contribution >= 0.6 is 11.8 Å². The van der Waals surface area contributed by atoms with Crippen LogP contribution in [0.15, 0.2) is 46.3 Å². The first kappa shape index (κ1) is 26.6. The van der Waals surface area contributed by atoms with E-state index in [1.807, 2.05) is 13.0 Å². The average molecular weight is 537 g/mol. The number of aromatic nitrogens is 3. The normalized spacial score (nSPS) is 13.8. The molecule has 37 heavy (non-hydrogen) atoms. The van der Waals surface area contributed by atoms with E-state index in [2.05, 4.69) is 26.1 Å². The van der Waals surface area contributed by atoms with Crippen molar-refractivity contribution < 1.29 is 13.2 Å². The predicted molar refractivity (Wildman–Crippen MR) is 143 cm³/mol. The summed E-state index contributed by atoms with van der Waals surface area (Å²) in [4.78, 5) is 26.0. The van der Waals surface area contributed by atoms with Gasteiger partial charge in [-0.3, -0.25) is 4.79 Å². The van der Waals surface area contributed by atoms with Crippen LogP contribution in [-0.2, 0) is 27.7 Å². The number of benzene rings is 1. The molecule has 0 radical (unpaired) electrons. The van der Waals surface area contributed by atoms with Gasteiger partial charge in [-0.15, -0.1) is 0 Å². The third kappa shape index (κ3) is 6.45. The zero-order chi connectivity index (χ0) is 26.6. The van der Waals surface area contributed by atoms with Crippen molar-refractivity contribution >= 4 is 39.3 Å². The highest BCUT2D eigenvalue weighted by Gasteiger charge is 2.23. The molecule has 1 aliphatic carbocycles. The van der Waals surface area contributed by atoms with Crippen LogP contribution < -0.4 is 10.0 Å². The van der Waals surface area contributed by atoms with Gasteiger partial charge in [-0.05, 0) is 87.9 Å². The molecule has 11 heteroatoms. The van der Waals surface area contributed by atoms with Gasteiger partial charge in [-0.2, -0.15) is 5.26 Å². The van der Waals surface area contributed by atoms with Gasteiger partial charge in [0.25, 0.3) is 10.0 Å². The fraction of sp³-hybridized carbons (Fsp3) is 0.346. The van der Waals surface area contributed by atoms with Crippen molar-refractivity contribution in [1.82, 2.24) is 15.0 Å². The van der Waals surface area contributed by atoms with E-state index in [1.54, 1.807) is 19.9 Å². The minimum atomic E-state index is -3.90. The molecule has 0 aliphatic heterocycles. The lowest BCUT2D eigenvalue weighted by atomic mass is 9.95. The Morgan fingerprint density at radius 3 is 2.41 bits per heavy atom. The first-order chi connectivity index (χ1) is 17.7. The molecule has 1 unspecified atom stereocenters. The lowest BCUT2D eigenvalue weighted by Crippen LogP contribution is -2.25. The van der Waals surface area contributed by atoms with Crippen LogP contribution in [0.25, 0.3) is 0 Å². The van der Waals surface area contributed by atoms with Crippen molar-refractivity contribution in [3.05, 3.63) is 64.6 Å². The van der Waals surface area contributed by atoms with Crippen molar-refractivity contribution in [2.75, 3.05) is 10.0 Å². The fourth-order valence-electron chi connectivity index (χ4n) is 4.13. The number of aryl methyl sites for hydroxylation is 4. The Labute approximate surface area is 221 Å². The van der Waals surface area contributed by atoms with E-state index in [4.69, 9.17) is 4.98 Å². The van der Waals surface area contributed by atoms with Crippen LogP contribution in [0.2, 0.25) is 0 Å². The third-order valence-corrected chi connectivity index (χ3v) is 8.65. The number of nitriles is 1. The van der Waals surface area contributed by atoms with Gasteiger partial charge in [-0.25, -0.2) is 28.1 Å². The number of carbonyl (C=O) groups is 1. The zero-order valence-corrected chi connectivity index (χ0v) is 22.5. The Bertz CT molecular complexity index is 1450. The van der Waals surface area contributed by atoms with Crippen LogP contribution in [0.3, 0.4) is 0 Å². The second-order valence-corrected chi connectivity index (χ2v) is 11.7. The van der Waals surface area contributed by atoms with E-state index in [0.717, 1.165) is 36.9 Å². The summed E-state index contributed by atoms with van der Waals surface area (Å²) in [7, 11) is -3.90. The van der Waals surface area contributed by atoms with E-state index in [9.17, 15) is 18.5 Å². The second-order valence-electron chi connectivity index (χ2n) is 8.87. The van der Waals surface area contributed by atoms with Crippen molar-refractivity contribution in [3.8, 4) is 6.07 Å². The standard InChI is InChI=1S/C26H28N6O3S2/c1-4-23(36-25-19(15-27)14-18-7-5-6-8-22(18)31-25)24(33)30-20-9-11-21(12-10-20)37(34,35)32-26-28-16(2)13-17(3)29-26/h9-14,23H,4-8H2,1-3H3,(H,30,33)(H,28,29,32). The molecule has 0 spiro atoms. The quantitative estimate of drug-likeness (QED) is 0.400. The van der Waals surface area contributed by atoms with Crippen molar-refractivity contribution in [2.24, 2.45) is 0 Å². The second kappa shape index (κ2) is 11.3. The molecule has 2 heterocycles. The number of carbonyl (C=O) groups excluding carboxylic acids is 1. The maximum atomic E-state index is 13.0. The van der Waals surface area contributed by atoms with E-state index >= 15 is 0 Å².